The smallest absolute Gasteiger partial charge is 0.258 e. The molecule has 0 N–H and O–H groups in total. The summed E-state index contributed by atoms with van der Waals surface area (Å²) in [6.45, 7) is 0. The van der Waals surface area contributed by atoms with Gasteiger partial charge >= 0.3 is 0 Å². The Morgan fingerprint density at radius 3 is 2.62 bits per heavy atom. The number of hydrazone groups is 1. The van der Waals surface area contributed by atoms with Gasteiger partial charge in [0.1, 0.15) is 0 Å². The molecule has 2 aliphatic heterocycles. The number of hydrogen-bond acceptors (Lipinski definition) is 4. The molecule has 3 aromatic carbocycles. The van der Waals surface area contributed by atoms with Gasteiger partial charge in [-0.1, -0.05) is 83.5 Å². The van der Waals surface area contributed by atoms with E-state index in [1.54, 1.807) is 6.07 Å². The van der Waals surface area contributed by atoms with Crippen molar-refractivity contribution in [1.29, 1.82) is 0 Å². The highest BCUT2D eigenvalue weighted by atomic mass is 35.5. The van der Waals surface area contributed by atoms with Gasteiger partial charge in [0.15, 0.2) is 5.17 Å². The van der Waals surface area contributed by atoms with E-state index in [0.29, 0.717) is 27.4 Å². The molecule has 0 radical (unpaired) electrons. The predicted molar refractivity (Wildman–Crippen MR) is 121 cm³/mol. The average molecular weight is 440 g/mol. The van der Waals surface area contributed by atoms with Crippen molar-refractivity contribution in [1.82, 2.24) is 5.01 Å². The minimum atomic E-state index is -0.125. The number of carbonyl (C=O) groups is 1. The summed E-state index contributed by atoms with van der Waals surface area (Å²) in [4.78, 5) is 16.0. The Labute approximate surface area is 182 Å². The zero-order valence-corrected chi connectivity index (χ0v) is 17.5. The second-order valence-corrected chi connectivity index (χ2v) is 8.64. The van der Waals surface area contributed by atoms with Gasteiger partial charge in [0, 0.05) is 6.42 Å². The molecule has 1 atom stereocenters. The molecule has 0 fully saturated rings. The van der Waals surface area contributed by atoms with Crippen LogP contribution in [0.1, 0.15) is 23.6 Å². The summed E-state index contributed by atoms with van der Waals surface area (Å²) in [7, 11) is 0. The molecule has 144 valence electrons. The molecule has 5 rings (SSSR count). The maximum atomic E-state index is 11.8. The number of nitrogens with zero attached hydrogens (tertiary/aromatic N) is 3. The van der Waals surface area contributed by atoms with Crippen molar-refractivity contribution in [2.45, 2.75) is 12.5 Å². The van der Waals surface area contributed by atoms with Crippen molar-refractivity contribution in [3.63, 3.8) is 0 Å². The number of aliphatic imine (C=N–C) groups is 1. The van der Waals surface area contributed by atoms with E-state index < -0.39 is 0 Å². The average Bonchev–Trinajstić information content (AvgIpc) is 3.36. The quantitative estimate of drug-likeness (QED) is 0.497. The van der Waals surface area contributed by atoms with Gasteiger partial charge in [-0.3, -0.25) is 4.79 Å². The van der Waals surface area contributed by atoms with Crippen LogP contribution in [0.5, 0.6) is 0 Å². The van der Waals surface area contributed by atoms with E-state index >= 15 is 0 Å². The Morgan fingerprint density at radius 1 is 1.00 bits per heavy atom. The van der Waals surface area contributed by atoms with Gasteiger partial charge in [-0.2, -0.15) is 10.1 Å². The topological polar surface area (TPSA) is 45.0 Å². The van der Waals surface area contributed by atoms with Gasteiger partial charge in [0.2, 0.25) is 0 Å². The zero-order chi connectivity index (χ0) is 20.0. The molecule has 2 aliphatic rings. The van der Waals surface area contributed by atoms with Crippen molar-refractivity contribution in [2.75, 3.05) is 5.75 Å². The first-order chi connectivity index (χ1) is 14.1. The molecule has 1 amide bonds. The second-order valence-electron chi connectivity index (χ2n) is 6.89. The van der Waals surface area contributed by atoms with Crippen LogP contribution in [0, 0.1) is 0 Å². The van der Waals surface area contributed by atoms with E-state index in [1.165, 1.54) is 22.5 Å². The Bertz CT molecular complexity index is 1200. The van der Waals surface area contributed by atoms with Crippen LogP contribution >= 0.6 is 35.0 Å². The van der Waals surface area contributed by atoms with Gasteiger partial charge in [0.05, 0.1) is 27.6 Å². The Morgan fingerprint density at radius 2 is 1.83 bits per heavy atom. The molecule has 0 spiro atoms. The van der Waals surface area contributed by atoms with Gasteiger partial charge in [-0.25, -0.2) is 5.01 Å². The molecule has 1 unspecified atom stereocenters. The van der Waals surface area contributed by atoms with Crippen LogP contribution in [0.3, 0.4) is 0 Å². The zero-order valence-electron chi connectivity index (χ0n) is 15.2. The molecular weight excluding hydrogens is 425 g/mol. The first kappa shape index (κ1) is 18.7. The lowest BCUT2D eigenvalue weighted by molar-refractivity contribution is -0.115. The number of halogens is 2. The van der Waals surface area contributed by atoms with E-state index in [0.717, 1.165) is 16.8 Å². The summed E-state index contributed by atoms with van der Waals surface area (Å²) in [5.41, 5.74) is 2.97. The lowest BCUT2D eigenvalue weighted by Gasteiger charge is -2.24. The number of hydrogen-bond donors (Lipinski definition) is 0. The summed E-state index contributed by atoms with van der Waals surface area (Å²) in [6, 6.07) is 20.1. The first-order valence-electron chi connectivity index (χ1n) is 9.14. The largest absolute Gasteiger partial charge is 0.272 e. The summed E-state index contributed by atoms with van der Waals surface area (Å²) < 4.78 is 0. The monoisotopic (exact) mass is 439 g/mol. The second kappa shape index (κ2) is 7.48. The molecule has 4 nitrogen and oxygen atoms in total. The Hall–Kier alpha value is -2.34. The number of amidine groups is 1. The number of fused-ring (bicyclic) bond motifs is 1. The third-order valence-electron chi connectivity index (χ3n) is 5.09. The number of benzene rings is 3. The van der Waals surface area contributed by atoms with Gasteiger partial charge in [0.25, 0.3) is 5.91 Å². The first-order valence-corrected chi connectivity index (χ1v) is 10.9. The minimum Gasteiger partial charge on any atom is -0.272 e. The number of thioether (sulfide) groups is 1. The molecule has 0 saturated carbocycles. The summed E-state index contributed by atoms with van der Waals surface area (Å²) in [6.07, 6.45) is 0.680. The molecule has 0 aliphatic carbocycles. The standard InChI is InChI=1S/C22H15Cl2N3OS/c23-17-9-8-14(10-18(17)24)19-11-20(27(26-19)22-25-21(28)12-29-22)16-7-3-5-13-4-1-2-6-15(13)16/h1-10,20H,11-12H2. The van der Waals surface area contributed by atoms with Gasteiger partial charge < -0.3 is 0 Å². The fourth-order valence-corrected chi connectivity index (χ4v) is 4.82. The third kappa shape index (κ3) is 3.44. The summed E-state index contributed by atoms with van der Waals surface area (Å²) >= 11 is 13.7. The molecular formula is C22H15Cl2N3OS. The van der Waals surface area contributed by atoms with Gasteiger partial charge in [-0.15, -0.1) is 0 Å². The van der Waals surface area contributed by atoms with Crippen LogP contribution < -0.4 is 0 Å². The SMILES string of the molecule is O=C1CSC(N2N=C(c3ccc(Cl)c(Cl)c3)CC2c2cccc3ccccc23)=N1. The third-order valence-corrected chi connectivity index (χ3v) is 6.75. The van der Waals surface area contributed by atoms with Crippen LogP contribution in [-0.2, 0) is 4.79 Å². The Balaban J connectivity index is 1.61. The number of rotatable bonds is 2. The fourth-order valence-electron chi connectivity index (χ4n) is 3.74. The fraction of sp³-hybridized carbons (Fsp3) is 0.136. The van der Waals surface area contributed by atoms with Crippen LogP contribution in [0.25, 0.3) is 10.8 Å². The van der Waals surface area contributed by atoms with E-state index in [9.17, 15) is 4.79 Å². The molecule has 29 heavy (non-hydrogen) atoms. The molecule has 0 saturated heterocycles. The molecule has 0 aromatic heterocycles. The van der Waals surface area contributed by atoms with Crippen LogP contribution in [0.15, 0.2) is 70.8 Å². The predicted octanol–water partition coefficient (Wildman–Crippen LogP) is 5.93. The number of carbonyl (C=O) groups excluding carboxylic acids is 1. The molecule has 0 bridgehead atoms. The molecule has 2 heterocycles. The van der Waals surface area contributed by atoms with Crippen molar-refractivity contribution in [2.24, 2.45) is 10.1 Å². The lowest BCUT2D eigenvalue weighted by Crippen LogP contribution is -2.24. The number of amides is 1. The highest BCUT2D eigenvalue weighted by molar-refractivity contribution is 8.14. The van der Waals surface area contributed by atoms with E-state index in [-0.39, 0.29) is 11.9 Å². The van der Waals surface area contributed by atoms with E-state index in [1.807, 2.05) is 29.3 Å². The van der Waals surface area contributed by atoms with Crippen molar-refractivity contribution >= 4 is 62.5 Å². The van der Waals surface area contributed by atoms with Crippen molar-refractivity contribution < 1.29 is 4.79 Å². The molecule has 3 aromatic rings. The summed E-state index contributed by atoms with van der Waals surface area (Å²) in [5.74, 6) is 0.228. The lowest BCUT2D eigenvalue weighted by atomic mass is 9.94. The van der Waals surface area contributed by atoms with Gasteiger partial charge in [-0.05, 0) is 34.0 Å². The van der Waals surface area contributed by atoms with Crippen LogP contribution in [-0.4, -0.2) is 27.5 Å². The van der Waals surface area contributed by atoms with Crippen molar-refractivity contribution in [3.8, 4) is 0 Å². The Kier molecular flexibility index (Phi) is 4.82. The van der Waals surface area contributed by atoms with Crippen LogP contribution in [0.2, 0.25) is 10.0 Å². The van der Waals surface area contributed by atoms with E-state index in [4.69, 9.17) is 28.3 Å². The van der Waals surface area contributed by atoms with Crippen molar-refractivity contribution in [3.05, 3.63) is 81.8 Å². The van der Waals surface area contributed by atoms with Crippen LogP contribution in [0.4, 0.5) is 0 Å². The maximum Gasteiger partial charge on any atom is 0.258 e. The summed E-state index contributed by atoms with van der Waals surface area (Å²) in [5, 5.41) is 10.7. The highest BCUT2D eigenvalue weighted by Crippen LogP contribution is 2.39. The maximum absolute atomic E-state index is 11.8. The van der Waals surface area contributed by atoms with E-state index in [2.05, 4.69) is 35.3 Å². The normalized spacial score (nSPS) is 19.0. The minimum absolute atomic E-state index is 0.0531. The highest BCUT2D eigenvalue weighted by Gasteiger charge is 2.35. The molecule has 7 heteroatoms.